The van der Waals surface area contributed by atoms with Gasteiger partial charge in [0.05, 0.1) is 13.1 Å². The predicted molar refractivity (Wildman–Crippen MR) is 72.2 cm³/mol. The first-order valence-electron chi connectivity index (χ1n) is 5.64. The second-order valence-corrected chi connectivity index (χ2v) is 4.27. The minimum absolute atomic E-state index is 0.118. The number of rotatable bonds is 6. The van der Waals surface area contributed by atoms with E-state index >= 15 is 0 Å². The maximum absolute atomic E-state index is 11.5. The smallest absolute Gasteiger partial charge is 0.312 e. The Hall–Kier alpha value is -1.95. The van der Waals surface area contributed by atoms with Gasteiger partial charge in [0.2, 0.25) is 5.91 Å². The van der Waals surface area contributed by atoms with Crippen molar-refractivity contribution in [3.05, 3.63) is 29.3 Å². The zero-order valence-electron chi connectivity index (χ0n) is 10.6. The van der Waals surface area contributed by atoms with Gasteiger partial charge in [-0.1, -0.05) is 11.6 Å². The highest BCUT2D eigenvalue weighted by Crippen LogP contribution is 2.15. The molecule has 104 valence electrons. The van der Waals surface area contributed by atoms with Gasteiger partial charge in [-0.3, -0.25) is 4.79 Å². The summed E-state index contributed by atoms with van der Waals surface area (Å²) in [5, 5.41) is 2.87. The zero-order valence-corrected chi connectivity index (χ0v) is 11.3. The van der Waals surface area contributed by atoms with Crippen LogP contribution in [0.25, 0.3) is 0 Å². The molecule has 3 N–H and O–H groups in total. The number of carbonyl (C=O) groups excluding carboxylic acids is 2. The summed E-state index contributed by atoms with van der Waals surface area (Å²) in [6, 6.07) is 6.22. The molecule has 0 spiro atoms. The van der Waals surface area contributed by atoms with E-state index in [2.05, 4.69) is 5.32 Å². The molecule has 3 amide bonds. The van der Waals surface area contributed by atoms with E-state index in [0.717, 1.165) is 0 Å². The number of urea groups is 1. The number of hydrogen-bond acceptors (Lipinski definition) is 3. The first kappa shape index (κ1) is 15.1. The largest absolute Gasteiger partial charge is 0.492 e. The van der Waals surface area contributed by atoms with Crippen LogP contribution in [-0.4, -0.2) is 43.6 Å². The van der Waals surface area contributed by atoms with E-state index in [1.54, 1.807) is 31.3 Å². The van der Waals surface area contributed by atoms with Crippen LogP contribution in [-0.2, 0) is 4.79 Å². The lowest BCUT2D eigenvalue weighted by molar-refractivity contribution is -0.129. The van der Waals surface area contributed by atoms with Crippen molar-refractivity contribution in [2.45, 2.75) is 0 Å². The van der Waals surface area contributed by atoms with Crippen LogP contribution in [0.2, 0.25) is 5.02 Å². The average Bonchev–Trinajstić information content (AvgIpc) is 2.38. The number of ether oxygens (including phenoxy) is 1. The highest BCUT2D eigenvalue weighted by Gasteiger charge is 2.08. The number of hydrogen-bond donors (Lipinski definition) is 2. The molecule has 6 nitrogen and oxygen atoms in total. The van der Waals surface area contributed by atoms with E-state index in [-0.39, 0.29) is 12.5 Å². The number of nitrogens with zero attached hydrogens (tertiary/aromatic N) is 1. The first-order valence-corrected chi connectivity index (χ1v) is 6.02. The van der Waals surface area contributed by atoms with Crippen LogP contribution in [0, 0.1) is 0 Å². The summed E-state index contributed by atoms with van der Waals surface area (Å²) >= 11 is 5.74. The van der Waals surface area contributed by atoms with Gasteiger partial charge in [-0.05, 0) is 24.3 Å². The number of carbonyl (C=O) groups is 2. The van der Waals surface area contributed by atoms with Crippen molar-refractivity contribution in [1.82, 2.24) is 10.2 Å². The number of nitrogens with one attached hydrogen (secondary N) is 1. The number of halogens is 1. The Bertz CT molecular complexity index is 436. The van der Waals surface area contributed by atoms with Gasteiger partial charge in [-0.2, -0.15) is 0 Å². The van der Waals surface area contributed by atoms with Gasteiger partial charge < -0.3 is 20.7 Å². The topological polar surface area (TPSA) is 84.7 Å². The summed E-state index contributed by atoms with van der Waals surface area (Å²) in [5.74, 6) is 0.444. The highest BCUT2D eigenvalue weighted by atomic mass is 35.5. The first-order chi connectivity index (χ1) is 8.99. The third-order valence-corrected chi connectivity index (χ3v) is 2.60. The van der Waals surface area contributed by atoms with Gasteiger partial charge in [-0.25, -0.2) is 4.79 Å². The molecule has 0 aromatic heterocycles. The molecule has 7 heteroatoms. The Balaban J connectivity index is 2.26. The standard InChI is InChI=1S/C12H16ClN3O3/c1-16(11(17)8-15-12(14)18)6-7-19-10-4-2-9(13)3-5-10/h2-5H,6-8H2,1H3,(H3,14,15,18). The predicted octanol–water partition coefficient (Wildman–Crippen LogP) is 0.846. The van der Waals surface area contributed by atoms with Gasteiger partial charge in [0, 0.05) is 12.1 Å². The molecule has 0 aliphatic carbocycles. The third kappa shape index (κ3) is 5.96. The second-order valence-electron chi connectivity index (χ2n) is 3.84. The second kappa shape index (κ2) is 7.48. The van der Waals surface area contributed by atoms with Crippen LogP contribution < -0.4 is 15.8 Å². The van der Waals surface area contributed by atoms with Crippen molar-refractivity contribution in [3.8, 4) is 5.75 Å². The molecule has 0 atom stereocenters. The Morgan fingerprint density at radius 1 is 1.37 bits per heavy atom. The molecule has 0 unspecified atom stereocenters. The zero-order chi connectivity index (χ0) is 14.3. The van der Waals surface area contributed by atoms with Crippen molar-refractivity contribution in [2.24, 2.45) is 5.73 Å². The van der Waals surface area contributed by atoms with Gasteiger partial charge in [-0.15, -0.1) is 0 Å². The number of primary amides is 1. The van der Waals surface area contributed by atoms with Crippen LogP contribution in [0.15, 0.2) is 24.3 Å². The minimum Gasteiger partial charge on any atom is -0.492 e. The monoisotopic (exact) mass is 285 g/mol. The van der Waals surface area contributed by atoms with E-state index in [9.17, 15) is 9.59 Å². The highest BCUT2D eigenvalue weighted by molar-refractivity contribution is 6.30. The third-order valence-electron chi connectivity index (χ3n) is 2.35. The van der Waals surface area contributed by atoms with E-state index < -0.39 is 6.03 Å². The molecule has 0 radical (unpaired) electrons. The average molecular weight is 286 g/mol. The summed E-state index contributed by atoms with van der Waals surface area (Å²) in [6.45, 7) is 0.634. The maximum Gasteiger partial charge on any atom is 0.312 e. The van der Waals surface area contributed by atoms with Crippen molar-refractivity contribution in [2.75, 3.05) is 26.7 Å². The summed E-state index contributed by atoms with van der Waals surface area (Å²) in [7, 11) is 1.62. The SMILES string of the molecule is CN(CCOc1ccc(Cl)cc1)C(=O)CNC(N)=O. The van der Waals surface area contributed by atoms with Crippen LogP contribution in [0.4, 0.5) is 4.79 Å². The summed E-state index contributed by atoms with van der Waals surface area (Å²) < 4.78 is 5.44. The van der Waals surface area contributed by atoms with Crippen LogP contribution in [0.1, 0.15) is 0 Å². The Labute approximate surface area is 116 Å². The number of likely N-dealkylation sites (N-methyl/N-ethyl adjacent to an activating group) is 1. The van der Waals surface area contributed by atoms with Crippen LogP contribution in [0.5, 0.6) is 5.75 Å². The molecule has 0 aliphatic heterocycles. The lowest BCUT2D eigenvalue weighted by atomic mass is 10.3. The molecular formula is C12H16ClN3O3. The Kier molecular flexibility index (Phi) is 5.95. The van der Waals surface area contributed by atoms with E-state index in [1.165, 1.54) is 4.90 Å². The molecule has 1 aromatic rings. The normalized spacial score (nSPS) is 9.79. The minimum atomic E-state index is -0.723. The molecular weight excluding hydrogens is 270 g/mol. The molecule has 1 aromatic carbocycles. The summed E-state index contributed by atoms with van der Waals surface area (Å²) in [6.07, 6.45) is 0. The molecule has 0 saturated carbocycles. The Morgan fingerprint density at radius 3 is 2.58 bits per heavy atom. The van der Waals surface area contributed by atoms with E-state index in [4.69, 9.17) is 22.1 Å². The molecule has 0 saturated heterocycles. The Morgan fingerprint density at radius 2 is 2.00 bits per heavy atom. The van der Waals surface area contributed by atoms with E-state index in [1.807, 2.05) is 0 Å². The van der Waals surface area contributed by atoms with E-state index in [0.29, 0.717) is 23.9 Å². The molecule has 1 rings (SSSR count). The fraction of sp³-hybridized carbons (Fsp3) is 0.333. The summed E-state index contributed by atoms with van der Waals surface area (Å²) in [5.41, 5.74) is 4.87. The lowest BCUT2D eigenvalue weighted by Gasteiger charge is -2.17. The van der Waals surface area contributed by atoms with Gasteiger partial charge >= 0.3 is 6.03 Å². The quantitative estimate of drug-likeness (QED) is 0.812. The maximum atomic E-state index is 11.5. The van der Waals surface area contributed by atoms with Crippen LogP contribution >= 0.6 is 11.6 Å². The van der Waals surface area contributed by atoms with Crippen molar-refractivity contribution in [1.29, 1.82) is 0 Å². The van der Waals surface area contributed by atoms with Gasteiger partial charge in [0.1, 0.15) is 12.4 Å². The van der Waals surface area contributed by atoms with Gasteiger partial charge in [0.15, 0.2) is 0 Å². The molecule has 19 heavy (non-hydrogen) atoms. The number of benzene rings is 1. The van der Waals surface area contributed by atoms with Crippen molar-refractivity contribution < 1.29 is 14.3 Å². The fourth-order valence-electron chi connectivity index (χ4n) is 1.25. The van der Waals surface area contributed by atoms with Crippen LogP contribution in [0.3, 0.4) is 0 Å². The summed E-state index contributed by atoms with van der Waals surface area (Å²) in [4.78, 5) is 23.4. The van der Waals surface area contributed by atoms with Gasteiger partial charge in [0.25, 0.3) is 0 Å². The molecule has 0 bridgehead atoms. The molecule has 0 fully saturated rings. The molecule has 0 aliphatic rings. The lowest BCUT2D eigenvalue weighted by Crippen LogP contribution is -2.41. The van der Waals surface area contributed by atoms with Crippen molar-refractivity contribution in [3.63, 3.8) is 0 Å². The number of amides is 3. The van der Waals surface area contributed by atoms with Crippen molar-refractivity contribution >= 4 is 23.5 Å². The fourth-order valence-corrected chi connectivity index (χ4v) is 1.38. The molecule has 0 heterocycles. The number of nitrogens with two attached hydrogens (primary N) is 1.